The lowest BCUT2D eigenvalue weighted by Crippen LogP contribution is -2.19. The fourth-order valence-corrected chi connectivity index (χ4v) is 2.96. The number of hydrogen-bond donors (Lipinski definition) is 1. The molecule has 0 radical (unpaired) electrons. The summed E-state index contributed by atoms with van der Waals surface area (Å²) in [5.74, 6) is 0.960. The van der Waals surface area contributed by atoms with Gasteiger partial charge in [0, 0.05) is 9.61 Å². The Balaban J connectivity index is 2.28. The molecule has 0 fully saturated rings. The van der Waals surface area contributed by atoms with Gasteiger partial charge in [-0.3, -0.25) is 0 Å². The van der Waals surface area contributed by atoms with Crippen molar-refractivity contribution in [3.8, 4) is 5.75 Å². The molecule has 0 amide bonds. The number of rotatable bonds is 5. The zero-order chi connectivity index (χ0) is 14.5. The summed E-state index contributed by atoms with van der Waals surface area (Å²) in [5.41, 5.74) is 3.81. The number of hydrogen-bond acceptors (Lipinski definition) is 2. The minimum atomic E-state index is 0.292. The van der Waals surface area contributed by atoms with Crippen LogP contribution in [0.3, 0.4) is 0 Å². The van der Waals surface area contributed by atoms with Gasteiger partial charge in [0.2, 0.25) is 0 Å². The molecule has 0 aliphatic carbocycles. The van der Waals surface area contributed by atoms with Crippen molar-refractivity contribution in [3.05, 3.63) is 62.7 Å². The first-order valence-corrected chi connectivity index (χ1v) is 7.78. The Bertz CT molecular complexity index is 583. The zero-order valence-electron chi connectivity index (χ0n) is 12.1. The van der Waals surface area contributed by atoms with Gasteiger partial charge >= 0.3 is 0 Å². The maximum Gasteiger partial charge on any atom is 0.122 e. The van der Waals surface area contributed by atoms with E-state index in [1.807, 2.05) is 13.1 Å². The number of ether oxygens (including phenoxy) is 1. The van der Waals surface area contributed by atoms with Crippen LogP contribution in [0, 0.1) is 10.5 Å². The third-order valence-electron chi connectivity index (χ3n) is 3.46. The van der Waals surface area contributed by atoms with Crippen molar-refractivity contribution in [2.45, 2.75) is 19.4 Å². The Labute approximate surface area is 134 Å². The SMILES string of the molecule is CNC(Cc1cc(C)ccc1OC)c1cccc(I)c1. The van der Waals surface area contributed by atoms with Crippen LogP contribution in [0.1, 0.15) is 22.7 Å². The van der Waals surface area contributed by atoms with Crippen molar-refractivity contribution in [1.82, 2.24) is 5.32 Å². The average molecular weight is 381 g/mol. The summed E-state index contributed by atoms with van der Waals surface area (Å²) in [6.45, 7) is 2.11. The highest BCUT2D eigenvalue weighted by atomic mass is 127. The van der Waals surface area contributed by atoms with Crippen LogP contribution < -0.4 is 10.1 Å². The highest BCUT2D eigenvalue weighted by molar-refractivity contribution is 14.1. The smallest absolute Gasteiger partial charge is 0.122 e. The number of aryl methyl sites for hydroxylation is 1. The maximum atomic E-state index is 5.48. The van der Waals surface area contributed by atoms with Gasteiger partial charge in [-0.25, -0.2) is 0 Å². The van der Waals surface area contributed by atoms with Crippen LogP contribution in [0.25, 0.3) is 0 Å². The normalized spacial score (nSPS) is 12.2. The number of benzene rings is 2. The molecule has 1 unspecified atom stereocenters. The number of likely N-dealkylation sites (N-methyl/N-ethyl adjacent to an activating group) is 1. The highest BCUT2D eigenvalue weighted by Crippen LogP contribution is 2.26. The van der Waals surface area contributed by atoms with Gasteiger partial charge in [0.15, 0.2) is 0 Å². The van der Waals surface area contributed by atoms with E-state index in [-0.39, 0.29) is 0 Å². The summed E-state index contributed by atoms with van der Waals surface area (Å²) in [6, 6.07) is 15.3. The van der Waals surface area contributed by atoms with Crippen molar-refractivity contribution in [1.29, 1.82) is 0 Å². The van der Waals surface area contributed by atoms with Crippen LogP contribution in [0.15, 0.2) is 42.5 Å². The van der Waals surface area contributed by atoms with E-state index in [4.69, 9.17) is 4.74 Å². The first-order chi connectivity index (χ1) is 9.63. The summed E-state index contributed by atoms with van der Waals surface area (Å²) in [6.07, 6.45) is 0.918. The van der Waals surface area contributed by atoms with Crippen LogP contribution in [0.5, 0.6) is 5.75 Å². The molecule has 106 valence electrons. The summed E-state index contributed by atoms with van der Waals surface area (Å²) >= 11 is 2.35. The van der Waals surface area contributed by atoms with Crippen molar-refractivity contribution in [2.24, 2.45) is 0 Å². The quantitative estimate of drug-likeness (QED) is 0.788. The number of nitrogens with one attached hydrogen (secondary N) is 1. The van der Waals surface area contributed by atoms with Crippen molar-refractivity contribution < 1.29 is 4.74 Å². The van der Waals surface area contributed by atoms with Gasteiger partial charge < -0.3 is 10.1 Å². The van der Waals surface area contributed by atoms with E-state index in [2.05, 4.69) is 71.2 Å². The van der Waals surface area contributed by atoms with Gasteiger partial charge in [-0.2, -0.15) is 0 Å². The second kappa shape index (κ2) is 7.09. The number of methoxy groups -OCH3 is 1. The molecule has 0 aromatic heterocycles. The largest absolute Gasteiger partial charge is 0.496 e. The fourth-order valence-electron chi connectivity index (χ4n) is 2.40. The molecule has 20 heavy (non-hydrogen) atoms. The molecule has 2 nitrogen and oxygen atoms in total. The van der Waals surface area contributed by atoms with Crippen molar-refractivity contribution in [3.63, 3.8) is 0 Å². The second-order valence-corrected chi connectivity index (χ2v) is 6.16. The van der Waals surface area contributed by atoms with E-state index in [1.165, 1.54) is 20.3 Å². The van der Waals surface area contributed by atoms with E-state index in [9.17, 15) is 0 Å². The van der Waals surface area contributed by atoms with Gasteiger partial charge in [-0.1, -0.05) is 29.8 Å². The molecular formula is C17H20INO. The van der Waals surface area contributed by atoms with Crippen LogP contribution in [-0.4, -0.2) is 14.2 Å². The fraction of sp³-hybridized carbons (Fsp3) is 0.294. The average Bonchev–Trinajstić information content (AvgIpc) is 2.45. The molecule has 2 aromatic rings. The van der Waals surface area contributed by atoms with Gasteiger partial charge in [-0.15, -0.1) is 0 Å². The molecule has 0 spiro atoms. The summed E-state index contributed by atoms with van der Waals surface area (Å²) in [5, 5.41) is 3.41. The Morgan fingerprint density at radius 3 is 2.65 bits per heavy atom. The molecule has 0 saturated carbocycles. The predicted octanol–water partition coefficient (Wildman–Crippen LogP) is 4.11. The molecule has 2 aromatic carbocycles. The van der Waals surface area contributed by atoms with Gasteiger partial charge in [0.1, 0.15) is 5.75 Å². The van der Waals surface area contributed by atoms with E-state index >= 15 is 0 Å². The first-order valence-electron chi connectivity index (χ1n) is 6.70. The standard InChI is InChI=1S/C17H20INO/c1-12-7-8-17(20-3)14(9-12)11-16(19-2)13-5-4-6-15(18)10-13/h4-10,16,19H,11H2,1-3H3. The number of halogens is 1. The van der Waals surface area contributed by atoms with Crippen LogP contribution >= 0.6 is 22.6 Å². The third kappa shape index (κ3) is 3.73. The molecule has 3 heteroatoms. The van der Waals surface area contributed by atoms with Gasteiger partial charge in [0.25, 0.3) is 0 Å². The summed E-state index contributed by atoms with van der Waals surface area (Å²) in [4.78, 5) is 0. The van der Waals surface area contributed by atoms with E-state index in [0.29, 0.717) is 6.04 Å². The molecule has 1 N–H and O–H groups in total. The van der Waals surface area contributed by atoms with E-state index in [0.717, 1.165) is 12.2 Å². The molecule has 0 aliphatic rings. The lowest BCUT2D eigenvalue weighted by Gasteiger charge is -2.19. The summed E-state index contributed by atoms with van der Waals surface area (Å²) in [7, 11) is 3.74. The first kappa shape index (κ1) is 15.3. The topological polar surface area (TPSA) is 21.3 Å². The lowest BCUT2D eigenvalue weighted by molar-refractivity contribution is 0.406. The molecule has 1 atom stereocenters. The summed E-state index contributed by atoms with van der Waals surface area (Å²) < 4.78 is 6.74. The molecule has 0 heterocycles. The minimum Gasteiger partial charge on any atom is -0.496 e. The van der Waals surface area contributed by atoms with Crippen LogP contribution in [0.4, 0.5) is 0 Å². The third-order valence-corrected chi connectivity index (χ3v) is 4.13. The Hall–Kier alpha value is -1.07. The van der Waals surface area contributed by atoms with E-state index in [1.54, 1.807) is 7.11 Å². The highest BCUT2D eigenvalue weighted by Gasteiger charge is 2.13. The Morgan fingerprint density at radius 1 is 1.20 bits per heavy atom. The molecule has 2 rings (SSSR count). The minimum absolute atomic E-state index is 0.292. The predicted molar refractivity (Wildman–Crippen MR) is 92.4 cm³/mol. The molecule has 0 saturated heterocycles. The van der Waals surface area contributed by atoms with Crippen molar-refractivity contribution >= 4 is 22.6 Å². The lowest BCUT2D eigenvalue weighted by atomic mass is 9.97. The molecule has 0 bridgehead atoms. The van der Waals surface area contributed by atoms with Gasteiger partial charge in [0.05, 0.1) is 7.11 Å². The monoisotopic (exact) mass is 381 g/mol. The molecular weight excluding hydrogens is 361 g/mol. The van der Waals surface area contributed by atoms with Crippen LogP contribution in [-0.2, 0) is 6.42 Å². The Kier molecular flexibility index (Phi) is 5.43. The second-order valence-electron chi connectivity index (χ2n) is 4.92. The van der Waals surface area contributed by atoms with Crippen LogP contribution in [0.2, 0.25) is 0 Å². The molecule has 0 aliphatic heterocycles. The Morgan fingerprint density at radius 2 is 2.00 bits per heavy atom. The van der Waals surface area contributed by atoms with Gasteiger partial charge in [-0.05, 0) is 72.3 Å². The van der Waals surface area contributed by atoms with Crippen molar-refractivity contribution in [2.75, 3.05) is 14.2 Å². The maximum absolute atomic E-state index is 5.48. The zero-order valence-corrected chi connectivity index (χ0v) is 14.3. The van der Waals surface area contributed by atoms with E-state index < -0.39 is 0 Å².